The zero-order valence-corrected chi connectivity index (χ0v) is 7.90. The van der Waals surface area contributed by atoms with E-state index in [4.69, 9.17) is 9.47 Å². The summed E-state index contributed by atoms with van der Waals surface area (Å²) in [7, 11) is 0. The highest BCUT2D eigenvalue weighted by Crippen LogP contribution is 2.34. The number of para-hydroxylation sites is 2. The SMILES string of the molecule is c1ccc2c(c1)OC1CCNCC1O2. The van der Waals surface area contributed by atoms with Gasteiger partial charge >= 0.3 is 0 Å². The van der Waals surface area contributed by atoms with Gasteiger partial charge in [-0.05, 0) is 18.7 Å². The predicted molar refractivity (Wildman–Crippen MR) is 52.8 cm³/mol. The molecule has 3 nitrogen and oxygen atoms in total. The lowest BCUT2D eigenvalue weighted by molar-refractivity contribution is 0.00253. The van der Waals surface area contributed by atoms with E-state index in [0.717, 1.165) is 31.0 Å². The molecule has 0 aliphatic carbocycles. The van der Waals surface area contributed by atoms with Crippen molar-refractivity contribution in [3.63, 3.8) is 0 Å². The summed E-state index contributed by atoms with van der Waals surface area (Å²) < 4.78 is 11.7. The van der Waals surface area contributed by atoms with E-state index in [9.17, 15) is 0 Å². The largest absolute Gasteiger partial charge is 0.483 e. The van der Waals surface area contributed by atoms with E-state index in [0.29, 0.717) is 0 Å². The molecule has 0 saturated carbocycles. The van der Waals surface area contributed by atoms with Gasteiger partial charge in [0.1, 0.15) is 12.2 Å². The van der Waals surface area contributed by atoms with Crippen LogP contribution in [0.4, 0.5) is 0 Å². The first-order valence-electron chi connectivity index (χ1n) is 5.06. The molecule has 2 atom stereocenters. The molecule has 1 N–H and O–H groups in total. The van der Waals surface area contributed by atoms with Crippen LogP contribution in [0.15, 0.2) is 24.3 Å². The predicted octanol–water partition coefficient (Wildman–Crippen LogP) is 1.19. The van der Waals surface area contributed by atoms with Gasteiger partial charge in [-0.3, -0.25) is 0 Å². The summed E-state index contributed by atoms with van der Waals surface area (Å²) in [4.78, 5) is 0. The fourth-order valence-electron chi connectivity index (χ4n) is 2.03. The second kappa shape index (κ2) is 3.17. The summed E-state index contributed by atoms with van der Waals surface area (Å²) in [5, 5.41) is 3.31. The van der Waals surface area contributed by atoms with Gasteiger partial charge in [0, 0.05) is 13.0 Å². The molecule has 2 unspecified atom stereocenters. The number of hydrogen-bond donors (Lipinski definition) is 1. The van der Waals surface area contributed by atoms with Crippen LogP contribution in [0.1, 0.15) is 6.42 Å². The highest BCUT2D eigenvalue weighted by atomic mass is 16.6. The summed E-state index contributed by atoms with van der Waals surface area (Å²) in [6, 6.07) is 7.87. The molecule has 74 valence electrons. The molecule has 2 heterocycles. The molecule has 3 heteroatoms. The van der Waals surface area contributed by atoms with Crippen LogP contribution < -0.4 is 14.8 Å². The van der Waals surface area contributed by atoms with Crippen LogP contribution in [-0.4, -0.2) is 25.3 Å². The fourth-order valence-corrected chi connectivity index (χ4v) is 2.03. The second-order valence-electron chi connectivity index (χ2n) is 3.75. The number of piperidine rings is 1. The number of ether oxygens (including phenoxy) is 2. The quantitative estimate of drug-likeness (QED) is 0.668. The van der Waals surface area contributed by atoms with Crippen molar-refractivity contribution in [3.8, 4) is 11.5 Å². The molecule has 2 aliphatic rings. The molecule has 1 saturated heterocycles. The number of hydrogen-bond acceptors (Lipinski definition) is 3. The smallest absolute Gasteiger partial charge is 0.161 e. The van der Waals surface area contributed by atoms with E-state index in [1.54, 1.807) is 0 Å². The normalized spacial score (nSPS) is 29.4. The molecule has 1 aromatic carbocycles. The van der Waals surface area contributed by atoms with Crippen molar-refractivity contribution in [3.05, 3.63) is 24.3 Å². The standard InChI is InChI=1S/C11H13NO2/c1-2-4-9-8(3-1)13-10-5-6-12-7-11(10)14-9/h1-4,10-12H,5-7H2. The third-order valence-electron chi connectivity index (χ3n) is 2.77. The van der Waals surface area contributed by atoms with Crippen molar-refractivity contribution < 1.29 is 9.47 Å². The van der Waals surface area contributed by atoms with Crippen LogP contribution in [-0.2, 0) is 0 Å². The van der Waals surface area contributed by atoms with Crippen molar-refractivity contribution in [2.24, 2.45) is 0 Å². The van der Waals surface area contributed by atoms with Gasteiger partial charge in [0.15, 0.2) is 11.5 Å². The first-order valence-corrected chi connectivity index (χ1v) is 5.06. The minimum absolute atomic E-state index is 0.179. The van der Waals surface area contributed by atoms with Gasteiger partial charge in [0.25, 0.3) is 0 Å². The van der Waals surface area contributed by atoms with Crippen LogP contribution in [0.3, 0.4) is 0 Å². The Bertz CT molecular complexity index is 307. The zero-order valence-electron chi connectivity index (χ0n) is 7.90. The first kappa shape index (κ1) is 8.12. The molecular formula is C11H13NO2. The molecule has 0 amide bonds. The minimum Gasteiger partial charge on any atom is -0.483 e. The fraction of sp³-hybridized carbons (Fsp3) is 0.455. The lowest BCUT2D eigenvalue weighted by Crippen LogP contribution is -2.51. The van der Waals surface area contributed by atoms with Crippen molar-refractivity contribution >= 4 is 0 Å². The summed E-state index contributed by atoms with van der Waals surface area (Å²) in [5.74, 6) is 1.76. The van der Waals surface area contributed by atoms with Crippen molar-refractivity contribution in [2.45, 2.75) is 18.6 Å². The van der Waals surface area contributed by atoms with Gasteiger partial charge in [0.2, 0.25) is 0 Å². The van der Waals surface area contributed by atoms with Crippen LogP contribution >= 0.6 is 0 Å². The minimum atomic E-state index is 0.179. The van der Waals surface area contributed by atoms with E-state index in [-0.39, 0.29) is 12.2 Å². The van der Waals surface area contributed by atoms with E-state index in [1.807, 2.05) is 24.3 Å². The molecule has 1 aromatic rings. The lowest BCUT2D eigenvalue weighted by Gasteiger charge is -2.37. The number of rotatable bonds is 0. The highest BCUT2D eigenvalue weighted by Gasteiger charge is 2.33. The Morgan fingerprint density at radius 3 is 2.57 bits per heavy atom. The lowest BCUT2D eigenvalue weighted by atomic mass is 10.1. The Labute approximate surface area is 83.0 Å². The number of fused-ring (bicyclic) bond motifs is 2. The summed E-state index contributed by atoms with van der Waals surface area (Å²) in [6.07, 6.45) is 1.43. The van der Waals surface area contributed by atoms with Crippen LogP contribution in [0.25, 0.3) is 0 Å². The highest BCUT2D eigenvalue weighted by molar-refractivity contribution is 5.41. The van der Waals surface area contributed by atoms with Crippen LogP contribution in [0.5, 0.6) is 11.5 Å². The molecule has 3 rings (SSSR count). The van der Waals surface area contributed by atoms with Crippen molar-refractivity contribution in [1.29, 1.82) is 0 Å². The van der Waals surface area contributed by atoms with Crippen LogP contribution in [0, 0.1) is 0 Å². The Kier molecular flexibility index (Phi) is 1.84. The second-order valence-corrected chi connectivity index (χ2v) is 3.75. The maximum absolute atomic E-state index is 5.87. The van der Waals surface area contributed by atoms with Gasteiger partial charge < -0.3 is 14.8 Å². The maximum Gasteiger partial charge on any atom is 0.161 e. The zero-order chi connectivity index (χ0) is 9.38. The van der Waals surface area contributed by atoms with Crippen molar-refractivity contribution in [1.82, 2.24) is 5.32 Å². The van der Waals surface area contributed by atoms with Gasteiger partial charge in [-0.25, -0.2) is 0 Å². The summed E-state index contributed by atoms with van der Waals surface area (Å²) in [5.41, 5.74) is 0. The molecule has 2 aliphatic heterocycles. The summed E-state index contributed by atoms with van der Waals surface area (Å²) in [6.45, 7) is 1.91. The Hall–Kier alpha value is -1.22. The first-order chi connectivity index (χ1) is 6.93. The molecule has 0 bridgehead atoms. The van der Waals surface area contributed by atoms with E-state index in [2.05, 4.69) is 5.32 Å². The third-order valence-corrected chi connectivity index (χ3v) is 2.77. The molecule has 0 spiro atoms. The molecular weight excluding hydrogens is 178 g/mol. The Balaban J connectivity index is 1.91. The van der Waals surface area contributed by atoms with Crippen molar-refractivity contribution in [2.75, 3.05) is 13.1 Å². The molecule has 0 radical (unpaired) electrons. The number of benzene rings is 1. The average molecular weight is 191 g/mol. The van der Waals surface area contributed by atoms with E-state index < -0.39 is 0 Å². The third kappa shape index (κ3) is 1.24. The molecule has 0 aromatic heterocycles. The van der Waals surface area contributed by atoms with Gasteiger partial charge in [-0.15, -0.1) is 0 Å². The monoisotopic (exact) mass is 191 g/mol. The Morgan fingerprint density at radius 1 is 1.07 bits per heavy atom. The summed E-state index contributed by atoms with van der Waals surface area (Å²) >= 11 is 0. The topological polar surface area (TPSA) is 30.5 Å². The van der Waals surface area contributed by atoms with Gasteiger partial charge in [0.05, 0.1) is 0 Å². The molecule has 14 heavy (non-hydrogen) atoms. The maximum atomic E-state index is 5.87. The Morgan fingerprint density at radius 2 is 1.79 bits per heavy atom. The number of nitrogens with one attached hydrogen (secondary N) is 1. The van der Waals surface area contributed by atoms with Crippen LogP contribution in [0.2, 0.25) is 0 Å². The van der Waals surface area contributed by atoms with Gasteiger partial charge in [-0.2, -0.15) is 0 Å². The average Bonchev–Trinajstić information content (AvgIpc) is 2.26. The van der Waals surface area contributed by atoms with E-state index >= 15 is 0 Å². The van der Waals surface area contributed by atoms with E-state index in [1.165, 1.54) is 0 Å². The van der Waals surface area contributed by atoms with Gasteiger partial charge in [-0.1, -0.05) is 12.1 Å². The molecule has 1 fully saturated rings.